The third-order valence-electron chi connectivity index (χ3n) is 2.81. The van der Waals surface area contributed by atoms with Crippen LogP contribution in [0.25, 0.3) is 11.3 Å². The van der Waals surface area contributed by atoms with E-state index in [2.05, 4.69) is 36.3 Å². The Morgan fingerprint density at radius 3 is 2.50 bits per heavy atom. The van der Waals surface area contributed by atoms with Crippen molar-refractivity contribution in [1.29, 1.82) is 0 Å². The summed E-state index contributed by atoms with van der Waals surface area (Å²) in [6.07, 6.45) is 1.04. The zero-order valence-electron chi connectivity index (χ0n) is 9.66. The lowest BCUT2D eigenvalue weighted by molar-refractivity contribution is 0.426. The molecule has 0 amide bonds. The van der Waals surface area contributed by atoms with Crippen LogP contribution >= 0.6 is 0 Å². The van der Waals surface area contributed by atoms with E-state index in [1.54, 1.807) is 0 Å². The van der Waals surface area contributed by atoms with Gasteiger partial charge in [-0.1, -0.05) is 36.3 Å². The van der Waals surface area contributed by atoms with Crippen molar-refractivity contribution in [3.05, 3.63) is 41.1 Å². The molecule has 1 heterocycles. The fraction of sp³-hybridized carbons (Fsp3) is 0.308. The Labute approximate surface area is 95.3 Å². The number of nitrogens with zero attached hydrogens (tertiary/aromatic N) is 1. The first-order valence-electron chi connectivity index (χ1n) is 5.50. The summed E-state index contributed by atoms with van der Waals surface area (Å²) in [5, 5.41) is 3.95. The van der Waals surface area contributed by atoms with Crippen LogP contribution in [-0.4, -0.2) is 5.16 Å². The molecule has 1 aromatic carbocycles. The summed E-state index contributed by atoms with van der Waals surface area (Å²) in [4.78, 5) is 0. The van der Waals surface area contributed by atoms with Gasteiger partial charge in [-0.3, -0.25) is 0 Å². The number of aromatic nitrogens is 1. The molecule has 0 unspecified atom stereocenters. The second-order valence-electron chi connectivity index (χ2n) is 3.83. The minimum absolute atomic E-state index is 0.459. The van der Waals surface area contributed by atoms with Crippen molar-refractivity contribution in [1.82, 2.24) is 5.16 Å². The predicted octanol–water partition coefficient (Wildman–Crippen LogP) is 2.67. The topological polar surface area (TPSA) is 52.0 Å². The maximum absolute atomic E-state index is 5.69. The van der Waals surface area contributed by atoms with Gasteiger partial charge in [0.2, 0.25) is 0 Å². The first-order chi connectivity index (χ1) is 7.76. The lowest BCUT2D eigenvalue weighted by Gasteiger charge is -2.01. The van der Waals surface area contributed by atoms with Crippen LogP contribution in [0.5, 0.6) is 0 Å². The van der Waals surface area contributed by atoms with Gasteiger partial charge in [-0.05, 0) is 18.9 Å². The lowest BCUT2D eigenvalue weighted by atomic mass is 10.0. The van der Waals surface area contributed by atoms with Crippen molar-refractivity contribution in [2.45, 2.75) is 26.8 Å². The van der Waals surface area contributed by atoms with Gasteiger partial charge in [-0.2, -0.15) is 0 Å². The van der Waals surface area contributed by atoms with E-state index >= 15 is 0 Å². The van der Waals surface area contributed by atoms with Crippen LogP contribution in [-0.2, 0) is 13.0 Å². The van der Waals surface area contributed by atoms with Crippen LogP contribution in [0.15, 0.2) is 28.8 Å². The van der Waals surface area contributed by atoms with E-state index in [1.807, 2.05) is 6.92 Å². The van der Waals surface area contributed by atoms with Crippen LogP contribution in [0.3, 0.4) is 0 Å². The molecule has 0 spiro atoms. The number of rotatable bonds is 3. The molecule has 2 rings (SSSR count). The summed E-state index contributed by atoms with van der Waals surface area (Å²) >= 11 is 0. The molecule has 2 aromatic rings. The Morgan fingerprint density at radius 1 is 1.25 bits per heavy atom. The minimum Gasteiger partial charge on any atom is -0.356 e. The fourth-order valence-corrected chi connectivity index (χ4v) is 1.75. The molecular weight excluding hydrogens is 200 g/mol. The van der Waals surface area contributed by atoms with E-state index < -0.39 is 0 Å². The Kier molecular flexibility index (Phi) is 3.06. The van der Waals surface area contributed by atoms with Crippen LogP contribution in [0, 0.1) is 6.92 Å². The molecule has 0 saturated heterocycles. The van der Waals surface area contributed by atoms with Crippen LogP contribution in [0.2, 0.25) is 0 Å². The molecule has 0 aliphatic carbocycles. The molecule has 1 aromatic heterocycles. The fourth-order valence-electron chi connectivity index (χ4n) is 1.75. The van der Waals surface area contributed by atoms with E-state index in [4.69, 9.17) is 10.3 Å². The van der Waals surface area contributed by atoms with Crippen LogP contribution < -0.4 is 5.73 Å². The Morgan fingerprint density at radius 2 is 1.94 bits per heavy atom. The van der Waals surface area contributed by atoms with Gasteiger partial charge < -0.3 is 10.3 Å². The summed E-state index contributed by atoms with van der Waals surface area (Å²) in [6.45, 7) is 4.51. The molecule has 84 valence electrons. The third kappa shape index (κ3) is 1.86. The van der Waals surface area contributed by atoms with Crippen molar-refractivity contribution >= 4 is 0 Å². The smallest absolute Gasteiger partial charge is 0.171 e. The summed E-state index contributed by atoms with van der Waals surface area (Å²) in [7, 11) is 0. The number of hydrogen-bond acceptors (Lipinski definition) is 3. The molecule has 0 atom stereocenters. The minimum atomic E-state index is 0.459. The first kappa shape index (κ1) is 10.9. The highest BCUT2D eigenvalue weighted by Gasteiger charge is 2.12. The quantitative estimate of drug-likeness (QED) is 0.858. The van der Waals surface area contributed by atoms with E-state index in [-0.39, 0.29) is 0 Å². The van der Waals surface area contributed by atoms with Gasteiger partial charge in [-0.25, -0.2) is 0 Å². The van der Waals surface area contributed by atoms with Gasteiger partial charge in [0.25, 0.3) is 0 Å². The maximum Gasteiger partial charge on any atom is 0.171 e. The summed E-state index contributed by atoms with van der Waals surface area (Å²) in [5.41, 5.74) is 9.91. The van der Waals surface area contributed by atoms with Gasteiger partial charge in [0.05, 0.1) is 5.69 Å². The van der Waals surface area contributed by atoms with E-state index in [9.17, 15) is 0 Å². The molecule has 2 N–H and O–H groups in total. The Hall–Kier alpha value is -1.61. The molecule has 3 nitrogen and oxygen atoms in total. The van der Waals surface area contributed by atoms with Crippen LogP contribution in [0.4, 0.5) is 0 Å². The summed E-state index contributed by atoms with van der Waals surface area (Å²) in [6, 6.07) is 8.32. The highest BCUT2D eigenvalue weighted by atomic mass is 16.5. The van der Waals surface area contributed by atoms with Gasteiger partial charge >= 0.3 is 0 Å². The second-order valence-corrected chi connectivity index (χ2v) is 3.83. The number of aryl methyl sites for hydroxylation is 2. The Balaban J connectivity index is 2.42. The van der Waals surface area contributed by atoms with Gasteiger partial charge in [0, 0.05) is 17.7 Å². The Bertz CT molecular complexity index is 471. The average molecular weight is 216 g/mol. The van der Waals surface area contributed by atoms with Gasteiger partial charge in [0.1, 0.15) is 0 Å². The largest absolute Gasteiger partial charge is 0.356 e. The molecule has 0 bridgehead atoms. The number of nitrogens with two attached hydrogens (primary N) is 1. The molecule has 0 aliphatic heterocycles. The van der Waals surface area contributed by atoms with Crippen molar-refractivity contribution < 1.29 is 4.52 Å². The van der Waals surface area contributed by atoms with Crippen molar-refractivity contribution in [3.8, 4) is 11.3 Å². The second kappa shape index (κ2) is 4.49. The SMILES string of the molecule is CCc1ccc(-c2onc(C)c2CN)cc1. The maximum atomic E-state index is 5.69. The zero-order chi connectivity index (χ0) is 11.5. The highest BCUT2D eigenvalue weighted by molar-refractivity contribution is 5.62. The van der Waals surface area contributed by atoms with Crippen LogP contribution in [0.1, 0.15) is 23.7 Å². The monoisotopic (exact) mass is 216 g/mol. The number of hydrogen-bond donors (Lipinski definition) is 1. The van der Waals surface area contributed by atoms with E-state index in [0.29, 0.717) is 6.54 Å². The first-order valence-corrected chi connectivity index (χ1v) is 5.50. The molecule has 0 saturated carbocycles. The number of benzene rings is 1. The molecule has 0 aliphatic rings. The highest BCUT2D eigenvalue weighted by Crippen LogP contribution is 2.26. The van der Waals surface area contributed by atoms with Gasteiger partial charge in [0.15, 0.2) is 5.76 Å². The van der Waals surface area contributed by atoms with Crippen molar-refractivity contribution in [2.75, 3.05) is 0 Å². The molecule has 3 heteroatoms. The summed E-state index contributed by atoms with van der Waals surface area (Å²) < 4.78 is 5.32. The van der Waals surface area contributed by atoms with E-state index in [1.165, 1.54) is 5.56 Å². The zero-order valence-corrected chi connectivity index (χ0v) is 9.66. The molecule has 0 fully saturated rings. The summed E-state index contributed by atoms with van der Waals surface area (Å²) in [5.74, 6) is 0.794. The van der Waals surface area contributed by atoms with E-state index in [0.717, 1.165) is 29.0 Å². The predicted molar refractivity (Wildman–Crippen MR) is 63.9 cm³/mol. The normalized spacial score (nSPS) is 10.7. The molecule has 16 heavy (non-hydrogen) atoms. The average Bonchev–Trinajstić information content (AvgIpc) is 2.70. The molecule has 0 radical (unpaired) electrons. The van der Waals surface area contributed by atoms with Gasteiger partial charge in [-0.15, -0.1) is 0 Å². The van der Waals surface area contributed by atoms with Crippen molar-refractivity contribution in [2.24, 2.45) is 5.73 Å². The lowest BCUT2D eigenvalue weighted by Crippen LogP contribution is -1.98. The standard InChI is InChI=1S/C13H16N2O/c1-3-10-4-6-11(7-5-10)13-12(8-14)9(2)15-16-13/h4-7H,3,8,14H2,1-2H3. The third-order valence-corrected chi connectivity index (χ3v) is 2.81. The molecular formula is C13H16N2O. The van der Waals surface area contributed by atoms with Crippen molar-refractivity contribution in [3.63, 3.8) is 0 Å².